The first-order valence-electron chi connectivity index (χ1n) is 11.6. The number of anilines is 1. The lowest BCUT2D eigenvalue weighted by Gasteiger charge is -2.21. The number of fused-ring (bicyclic) bond motifs is 1. The molecule has 7 heteroatoms. The molecule has 178 valence electrons. The monoisotopic (exact) mass is 471 g/mol. The summed E-state index contributed by atoms with van der Waals surface area (Å²) in [5, 5.41) is 9.66. The number of carboxylic acid groups (broad SMARTS) is 1. The van der Waals surface area contributed by atoms with Crippen molar-refractivity contribution in [3.05, 3.63) is 100 Å². The first-order valence-corrected chi connectivity index (χ1v) is 11.6. The number of pyridine rings is 1. The molecule has 3 aromatic carbocycles. The number of nitrogens with two attached hydrogens (primary N) is 1. The second kappa shape index (κ2) is 9.35. The lowest BCUT2D eigenvalue weighted by molar-refractivity contribution is 0.0695. The van der Waals surface area contributed by atoms with E-state index in [0.717, 1.165) is 23.1 Å². The Morgan fingerprint density at radius 1 is 1.06 bits per heavy atom. The molecule has 5 rings (SSSR count). The van der Waals surface area contributed by atoms with Gasteiger partial charge in [0, 0.05) is 31.2 Å². The van der Waals surface area contributed by atoms with E-state index < -0.39 is 17.2 Å². The van der Waals surface area contributed by atoms with E-state index in [1.165, 1.54) is 12.3 Å². The number of rotatable bonds is 6. The third-order valence-corrected chi connectivity index (χ3v) is 6.75. The molecule has 1 aliphatic rings. The Balaban J connectivity index is 1.57. The van der Waals surface area contributed by atoms with Gasteiger partial charge in [0.2, 0.25) is 5.43 Å². The van der Waals surface area contributed by atoms with Gasteiger partial charge in [0.05, 0.1) is 11.2 Å². The maximum absolute atomic E-state index is 15.1. The smallest absolute Gasteiger partial charge is 0.341 e. The van der Waals surface area contributed by atoms with E-state index in [-0.39, 0.29) is 10.9 Å². The first kappa shape index (κ1) is 22.8. The molecule has 0 amide bonds. The van der Waals surface area contributed by atoms with Crippen LogP contribution in [0.25, 0.3) is 22.0 Å². The van der Waals surface area contributed by atoms with E-state index in [1.807, 2.05) is 59.5 Å². The van der Waals surface area contributed by atoms with Crippen molar-refractivity contribution in [3.63, 3.8) is 0 Å². The number of halogens is 1. The number of benzene rings is 3. The van der Waals surface area contributed by atoms with Crippen LogP contribution in [0, 0.1) is 11.7 Å². The van der Waals surface area contributed by atoms with Gasteiger partial charge in [-0.25, -0.2) is 9.18 Å². The Bertz CT molecular complexity index is 1450. The molecule has 0 radical (unpaired) electrons. The highest BCUT2D eigenvalue weighted by Crippen LogP contribution is 2.30. The van der Waals surface area contributed by atoms with Crippen molar-refractivity contribution >= 4 is 22.6 Å². The molecule has 1 saturated heterocycles. The van der Waals surface area contributed by atoms with E-state index in [4.69, 9.17) is 5.73 Å². The SMILES string of the molecule is NC[C@@H]1CCN(c2cc3c(cc2F)c(=O)c(C(=O)O)cn3Cc2ccc(-c3ccccc3)cc2)C1. The van der Waals surface area contributed by atoms with Crippen LogP contribution in [0.1, 0.15) is 22.3 Å². The summed E-state index contributed by atoms with van der Waals surface area (Å²) in [5.41, 5.74) is 8.74. The second-order valence-electron chi connectivity index (χ2n) is 9.03. The summed E-state index contributed by atoms with van der Waals surface area (Å²) in [6, 6.07) is 20.8. The van der Waals surface area contributed by atoms with Crippen LogP contribution in [-0.4, -0.2) is 35.3 Å². The molecule has 1 atom stereocenters. The number of carboxylic acids is 1. The Hall–Kier alpha value is -3.97. The molecular weight excluding hydrogens is 445 g/mol. The minimum Gasteiger partial charge on any atom is -0.477 e. The average Bonchev–Trinajstić information content (AvgIpc) is 3.35. The topological polar surface area (TPSA) is 88.6 Å². The van der Waals surface area contributed by atoms with E-state index >= 15 is 4.39 Å². The number of carbonyl (C=O) groups is 1. The van der Waals surface area contributed by atoms with Crippen LogP contribution in [-0.2, 0) is 6.54 Å². The number of hydrogen-bond acceptors (Lipinski definition) is 4. The standard InChI is InChI=1S/C28H26FN3O3/c29-24-12-22-25(13-26(24)31-11-10-19(14-30)16-31)32(17-23(27(22)33)28(34)35)15-18-6-8-21(9-7-18)20-4-2-1-3-5-20/h1-9,12-13,17,19H,10-11,14-16,30H2,(H,34,35)/t19-/m0/s1. The molecule has 0 spiro atoms. The molecule has 6 nitrogen and oxygen atoms in total. The largest absolute Gasteiger partial charge is 0.477 e. The fourth-order valence-electron chi connectivity index (χ4n) is 4.80. The van der Waals surface area contributed by atoms with Crippen molar-refractivity contribution in [1.29, 1.82) is 0 Å². The summed E-state index contributed by atoms with van der Waals surface area (Å²) in [5.74, 6) is -1.57. The first-order chi connectivity index (χ1) is 16.9. The van der Waals surface area contributed by atoms with E-state index in [2.05, 4.69) is 0 Å². The van der Waals surface area contributed by atoms with Crippen molar-refractivity contribution in [2.45, 2.75) is 13.0 Å². The van der Waals surface area contributed by atoms with Crippen LogP contribution >= 0.6 is 0 Å². The zero-order valence-electron chi connectivity index (χ0n) is 19.2. The summed E-state index contributed by atoms with van der Waals surface area (Å²) in [6.45, 7) is 2.21. The fourth-order valence-corrected chi connectivity index (χ4v) is 4.80. The number of hydrogen-bond donors (Lipinski definition) is 2. The molecule has 4 aromatic rings. The predicted molar refractivity (Wildman–Crippen MR) is 135 cm³/mol. The van der Waals surface area contributed by atoms with Crippen LogP contribution in [0.15, 0.2) is 77.7 Å². The summed E-state index contributed by atoms with van der Waals surface area (Å²) in [7, 11) is 0. The molecule has 0 aliphatic carbocycles. The third-order valence-electron chi connectivity index (χ3n) is 6.75. The highest BCUT2D eigenvalue weighted by atomic mass is 19.1. The highest BCUT2D eigenvalue weighted by molar-refractivity contribution is 5.93. The van der Waals surface area contributed by atoms with Gasteiger partial charge in [-0.05, 0) is 47.7 Å². The molecule has 3 N–H and O–H groups in total. The van der Waals surface area contributed by atoms with E-state index in [0.29, 0.717) is 43.3 Å². The maximum Gasteiger partial charge on any atom is 0.341 e. The van der Waals surface area contributed by atoms with Gasteiger partial charge in [-0.2, -0.15) is 0 Å². The summed E-state index contributed by atoms with van der Waals surface area (Å²) in [4.78, 5) is 26.6. The molecule has 2 heterocycles. The molecule has 35 heavy (non-hydrogen) atoms. The molecule has 0 unspecified atom stereocenters. The quantitative estimate of drug-likeness (QED) is 0.437. The van der Waals surface area contributed by atoms with Gasteiger partial charge in [-0.1, -0.05) is 54.6 Å². The summed E-state index contributed by atoms with van der Waals surface area (Å²) >= 11 is 0. The molecular formula is C28H26FN3O3. The van der Waals surface area contributed by atoms with Crippen molar-refractivity contribution in [2.24, 2.45) is 11.7 Å². The molecule has 1 fully saturated rings. The third kappa shape index (κ3) is 4.42. The summed E-state index contributed by atoms with van der Waals surface area (Å²) < 4.78 is 16.8. The normalized spacial score (nSPS) is 15.6. The summed E-state index contributed by atoms with van der Waals surface area (Å²) in [6.07, 6.45) is 2.24. The highest BCUT2D eigenvalue weighted by Gasteiger charge is 2.25. The fraction of sp³-hybridized carbons (Fsp3) is 0.214. The minimum atomic E-state index is -1.33. The zero-order chi connectivity index (χ0) is 24.5. The predicted octanol–water partition coefficient (Wildman–Crippen LogP) is 4.34. The Kier molecular flexibility index (Phi) is 6.09. The molecule has 0 bridgehead atoms. The molecule has 1 aliphatic heterocycles. The van der Waals surface area contributed by atoms with Crippen molar-refractivity contribution in [1.82, 2.24) is 4.57 Å². The zero-order valence-corrected chi connectivity index (χ0v) is 19.2. The van der Waals surface area contributed by atoms with Crippen molar-refractivity contribution in [2.75, 3.05) is 24.5 Å². The number of aromatic nitrogens is 1. The van der Waals surface area contributed by atoms with Gasteiger partial charge in [0.1, 0.15) is 11.4 Å². The second-order valence-corrected chi connectivity index (χ2v) is 9.03. The van der Waals surface area contributed by atoms with Gasteiger partial charge in [0.25, 0.3) is 0 Å². The van der Waals surface area contributed by atoms with Crippen molar-refractivity contribution < 1.29 is 14.3 Å². The Morgan fingerprint density at radius 3 is 2.43 bits per heavy atom. The average molecular weight is 472 g/mol. The number of nitrogens with zero attached hydrogens (tertiary/aromatic N) is 2. The van der Waals surface area contributed by atoms with Gasteiger partial charge in [-0.15, -0.1) is 0 Å². The number of aromatic carboxylic acids is 1. The lowest BCUT2D eigenvalue weighted by Crippen LogP contribution is -2.24. The Labute approximate surface area is 202 Å². The van der Waals surface area contributed by atoms with Crippen LogP contribution in [0.3, 0.4) is 0 Å². The minimum absolute atomic E-state index is 0.0571. The van der Waals surface area contributed by atoms with Crippen molar-refractivity contribution in [3.8, 4) is 11.1 Å². The van der Waals surface area contributed by atoms with Crippen LogP contribution in [0.4, 0.5) is 10.1 Å². The lowest BCUT2D eigenvalue weighted by atomic mass is 10.0. The van der Waals surface area contributed by atoms with E-state index in [1.54, 1.807) is 10.6 Å². The molecule has 1 aromatic heterocycles. The van der Waals surface area contributed by atoms with Gasteiger partial charge in [-0.3, -0.25) is 4.79 Å². The van der Waals surface area contributed by atoms with Crippen LogP contribution in [0.2, 0.25) is 0 Å². The van der Waals surface area contributed by atoms with Crippen LogP contribution < -0.4 is 16.1 Å². The Morgan fingerprint density at radius 2 is 1.77 bits per heavy atom. The van der Waals surface area contributed by atoms with Gasteiger partial charge >= 0.3 is 5.97 Å². The maximum atomic E-state index is 15.1. The van der Waals surface area contributed by atoms with Gasteiger partial charge < -0.3 is 20.3 Å². The molecule has 0 saturated carbocycles. The van der Waals surface area contributed by atoms with E-state index in [9.17, 15) is 14.7 Å². The van der Waals surface area contributed by atoms with Gasteiger partial charge in [0.15, 0.2) is 0 Å². The van der Waals surface area contributed by atoms with Crippen LogP contribution in [0.5, 0.6) is 0 Å².